The molecular formula is C27H27N3O2. The zero-order chi connectivity index (χ0) is 22.1. The molecule has 1 fully saturated rings. The van der Waals surface area contributed by atoms with Gasteiger partial charge in [-0.2, -0.15) is 0 Å². The average Bonchev–Trinajstić information content (AvgIpc) is 3.40. The Hall–Kier alpha value is -3.60. The van der Waals surface area contributed by atoms with Crippen LogP contribution in [0.3, 0.4) is 0 Å². The first-order valence-electron chi connectivity index (χ1n) is 11.1. The van der Waals surface area contributed by atoms with E-state index in [0.29, 0.717) is 19.5 Å². The van der Waals surface area contributed by atoms with Gasteiger partial charge in [0.15, 0.2) is 0 Å². The van der Waals surface area contributed by atoms with E-state index in [2.05, 4.69) is 47.9 Å². The van der Waals surface area contributed by atoms with E-state index < -0.39 is 0 Å². The molecule has 0 radical (unpaired) electrons. The van der Waals surface area contributed by atoms with Crippen molar-refractivity contribution in [2.24, 2.45) is 0 Å². The van der Waals surface area contributed by atoms with Gasteiger partial charge < -0.3 is 14.2 Å². The molecule has 5 nitrogen and oxygen atoms in total. The quantitative estimate of drug-likeness (QED) is 0.428. The zero-order valence-electron chi connectivity index (χ0n) is 18.5. The first-order chi connectivity index (χ1) is 15.7. The fourth-order valence-electron chi connectivity index (χ4n) is 4.62. The highest BCUT2D eigenvalue weighted by Gasteiger charge is 2.35. The van der Waals surface area contributed by atoms with Gasteiger partial charge >= 0.3 is 0 Å². The maximum absolute atomic E-state index is 13.0. The van der Waals surface area contributed by atoms with Gasteiger partial charge in [0.2, 0.25) is 5.91 Å². The van der Waals surface area contributed by atoms with Gasteiger partial charge in [0.1, 0.15) is 11.6 Å². The molecule has 162 valence electrons. The smallest absolute Gasteiger partial charge is 0.227 e. The SMILES string of the molecule is CCc1ccc(N2C[C@H](c3nc4ccccc4n3Cc3ccccc3OC)CC2=O)cc1. The highest BCUT2D eigenvalue weighted by Crippen LogP contribution is 2.34. The molecule has 1 aliphatic heterocycles. The number of carbonyl (C=O) groups excluding carboxylic acids is 1. The lowest BCUT2D eigenvalue weighted by Crippen LogP contribution is -2.24. The Morgan fingerprint density at radius 3 is 2.53 bits per heavy atom. The number of imidazole rings is 1. The number of amides is 1. The highest BCUT2D eigenvalue weighted by atomic mass is 16.5. The number of benzene rings is 3. The summed E-state index contributed by atoms with van der Waals surface area (Å²) in [7, 11) is 1.70. The van der Waals surface area contributed by atoms with Crippen LogP contribution in [0.4, 0.5) is 5.69 Å². The summed E-state index contributed by atoms with van der Waals surface area (Å²) in [6, 6.07) is 24.6. The molecule has 1 atom stereocenters. The minimum Gasteiger partial charge on any atom is -0.496 e. The molecule has 0 N–H and O–H groups in total. The predicted molar refractivity (Wildman–Crippen MR) is 127 cm³/mol. The van der Waals surface area contributed by atoms with Crippen LogP contribution in [-0.4, -0.2) is 29.1 Å². The molecule has 1 aromatic heterocycles. The number of carbonyl (C=O) groups is 1. The van der Waals surface area contributed by atoms with E-state index in [-0.39, 0.29) is 11.8 Å². The second-order valence-corrected chi connectivity index (χ2v) is 8.28. The van der Waals surface area contributed by atoms with E-state index in [1.807, 2.05) is 41.3 Å². The van der Waals surface area contributed by atoms with E-state index in [1.54, 1.807) is 7.11 Å². The summed E-state index contributed by atoms with van der Waals surface area (Å²) in [4.78, 5) is 19.8. The van der Waals surface area contributed by atoms with Crippen LogP contribution in [0.1, 0.15) is 36.2 Å². The van der Waals surface area contributed by atoms with Crippen LogP contribution in [0.15, 0.2) is 72.8 Å². The fourth-order valence-corrected chi connectivity index (χ4v) is 4.62. The van der Waals surface area contributed by atoms with Gasteiger partial charge in [0, 0.05) is 30.1 Å². The molecule has 5 heteroatoms. The summed E-state index contributed by atoms with van der Waals surface area (Å²) in [5.74, 6) is 2.00. The van der Waals surface area contributed by atoms with E-state index in [0.717, 1.165) is 40.3 Å². The number of fused-ring (bicyclic) bond motifs is 1. The summed E-state index contributed by atoms with van der Waals surface area (Å²) in [5.41, 5.74) is 5.36. The molecule has 4 aromatic rings. The number of hydrogen-bond donors (Lipinski definition) is 0. The number of rotatable bonds is 6. The Morgan fingerprint density at radius 1 is 1.00 bits per heavy atom. The van der Waals surface area contributed by atoms with Crippen LogP contribution in [0.2, 0.25) is 0 Å². The van der Waals surface area contributed by atoms with Crippen molar-refractivity contribution < 1.29 is 9.53 Å². The van der Waals surface area contributed by atoms with Gasteiger partial charge in [-0.1, -0.05) is 49.4 Å². The molecule has 32 heavy (non-hydrogen) atoms. The van der Waals surface area contributed by atoms with Gasteiger partial charge in [-0.3, -0.25) is 4.79 Å². The Morgan fingerprint density at radius 2 is 1.75 bits per heavy atom. The van der Waals surface area contributed by atoms with Gasteiger partial charge in [0.05, 0.1) is 24.7 Å². The van der Waals surface area contributed by atoms with Crippen LogP contribution in [0.5, 0.6) is 5.75 Å². The summed E-state index contributed by atoms with van der Waals surface area (Å²) in [6.07, 6.45) is 1.45. The number of hydrogen-bond acceptors (Lipinski definition) is 3. The number of para-hydroxylation sites is 3. The first-order valence-corrected chi connectivity index (χ1v) is 11.1. The third-order valence-corrected chi connectivity index (χ3v) is 6.35. The first kappa shape index (κ1) is 20.3. The zero-order valence-corrected chi connectivity index (χ0v) is 18.5. The molecule has 5 rings (SSSR count). The maximum atomic E-state index is 13.0. The molecule has 0 saturated carbocycles. The summed E-state index contributed by atoms with van der Waals surface area (Å²) in [5, 5.41) is 0. The average molecular weight is 426 g/mol. The molecular weight excluding hydrogens is 398 g/mol. The van der Waals surface area contributed by atoms with Gasteiger partial charge in [-0.15, -0.1) is 0 Å². The monoisotopic (exact) mass is 425 g/mol. The highest BCUT2D eigenvalue weighted by molar-refractivity contribution is 5.96. The summed E-state index contributed by atoms with van der Waals surface area (Å²) >= 11 is 0. The second-order valence-electron chi connectivity index (χ2n) is 8.28. The molecule has 1 amide bonds. The number of nitrogens with zero attached hydrogens (tertiary/aromatic N) is 3. The van der Waals surface area contributed by atoms with Crippen molar-refractivity contribution in [1.29, 1.82) is 0 Å². The minimum atomic E-state index is 0.0375. The van der Waals surface area contributed by atoms with Gasteiger partial charge in [-0.05, 0) is 42.3 Å². The molecule has 0 spiro atoms. The van der Waals surface area contributed by atoms with E-state index in [9.17, 15) is 4.79 Å². The molecule has 2 heterocycles. The summed E-state index contributed by atoms with van der Waals surface area (Å²) < 4.78 is 7.83. The van der Waals surface area contributed by atoms with Crippen molar-refractivity contribution in [2.75, 3.05) is 18.6 Å². The Bertz CT molecular complexity index is 1260. The third-order valence-electron chi connectivity index (χ3n) is 6.35. The standard InChI is InChI=1S/C27H27N3O2/c1-3-19-12-14-22(15-13-19)29-18-21(16-26(29)31)27-28-23-9-5-6-10-24(23)30(27)17-20-8-4-7-11-25(20)32-2/h4-15,21H,3,16-18H2,1-2H3/t21-/m1/s1. The number of aromatic nitrogens is 2. The Balaban J connectivity index is 1.51. The molecule has 1 aliphatic rings. The number of anilines is 1. The number of aryl methyl sites for hydroxylation is 1. The van der Waals surface area contributed by atoms with Crippen molar-refractivity contribution in [2.45, 2.75) is 32.2 Å². The second kappa shape index (κ2) is 8.50. The maximum Gasteiger partial charge on any atom is 0.227 e. The molecule has 0 bridgehead atoms. The fraction of sp³-hybridized carbons (Fsp3) is 0.259. The van der Waals surface area contributed by atoms with Crippen molar-refractivity contribution >= 4 is 22.6 Å². The van der Waals surface area contributed by atoms with E-state index >= 15 is 0 Å². The van der Waals surface area contributed by atoms with Crippen molar-refractivity contribution in [3.8, 4) is 5.75 Å². The lowest BCUT2D eigenvalue weighted by atomic mass is 10.1. The normalized spacial score (nSPS) is 16.1. The van der Waals surface area contributed by atoms with Crippen LogP contribution >= 0.6 is 0 Å². The van der Waals surface area contributed by atoms with Crippen LogP contribution in [0, 0.1) is 0 Å². The van der Waals surface area contributed by atoms with Crippen LogP contribution in [-0.2, 0) is 17.8 Å². The Labute approximate surface area is 188 Å². The van der Waals surface area contributed by atoms with Crippen molar-refractivity contribution in [3.05, 3.63) is 89.7 Å². The van der Waals surface area contributed by atoms with Crippen molar-refractivity contribution in [1.82, 2.24) is 9.55 Å². The largest absolute Gasteiger partial charge is 0.496 e. The van der Waals surface area contributed by atoms with Crippen LogP contribution < -0.4 is 9.64 Å². The number of ether oxygens (including phenoxy) is 1. The lowest BCUT2D eigenvalue weighted by Gasteiger charge is -2.18. The van der Waals surface area contributed by atoms with Gasteiger partial charge in [-0.25, -0.2) is 4.98 Å². The van der Waals surface area contributed by atoms with Crippen molar-refractivity contribution in [3.63, 3.8) is 0 Å². The lowest BCUT2D eigenvalue weighted by molar-refractivity contribution is -0.117. The minimum absolute atomic E-state index is 0.0375. The molecule has 0 aliphatic carbocycles. The van der Waals surface area contributed by atoms with Crippen LogP contribution in [0.25, 0.3) is 11.0 Å². The topological polar surface area (TPSA) is 47.4 Å². The summed E-state index contributed by atoms with van der Waals surface area (Å²) in [6.45, 7) is 3.42. The third kappa shape index (κ3) is 3.64. The molecule has 1 saturated heterocycles. The van der Waals surface area contributed by atoms with E-state index in [4.69, 9.17) is 9.72 Å². The Kier molecular flexibility index (Phi) is 5.39. The predicted octanol–water partition coefficient (Wildman–Crippen LogP) is 5.18. The number of methoxy groups -OCH3 is 1. The van der Waals surface area contributed by atoms with E-state index in [1.165, 1.54) is 5.56 Å². The molecule has 3 aromatic carbocycles. The molecule has 0 unspecified atom stereocenters. The van der Waals surface area contributed by atoms with Gasteiger partial charge in [0.25, 0.3) is 0 Å².